The van der Waals surface area contributed by atoms with Crippen molar-refractivity contribution in [1.29, 1.82) is 0 Å². The number of carbonyl (C=O) groups excluding carboxylic acids is 1. The summed E-state index contributed by atoms with van der Waals surface area (Å²) in [4.78, 5) is 13.6. The van der Waals surface area contributed by atoms with E-state index >= 15 is 0 Å². The van der Waals surface area contributed by atoms with Crippen LogP contribution >= 0.6 is 12.4 Å². The number of carbonyl (C=O) groups is 1. The van der Waals surface area contributed by atoms with Gasteiger partial charge in [0.2, 0.25) is 0 Å². The van der Waals surface area contributed by atoms with Gasteiger partial charge in [0.05, 0.1) is 0 Å². The van der Waals surface area contributed by atoms with Crippen LogP contribution in [0.3, 0.4) is 0 Å². The summed E-state index contributed by atoms with van der Waals surface area (Å²) < 4.78 is 39.9. The van der Waals surface area contributed by atoms with E-state index < -0.39 is 6.36 Å². The minimum absolute atomic E-state index is 0. The molecule has 0 saturated heterocycles. The zero-order valence-corrected chi connectivity index (χ0v) is 14.1. The Labute approximate surface area is 140 Å². The van der Waals surface area contributed by atoms with E-state index in [1.165, 1.54) is 17.0 Å². The van der Waals surface area contributed by atoms with Gasteiger partial charge >= 0.3 is 6.36 Å². The van der Waals surface area contributed by atoms with Crippen LogP contribution in [0.1, 0.15) is 30.6 Å². The maximum absolute atomic E-state index is 12.1. The van der Waals surface area contributed by atoms with Crippen LogP contribution < -0.4 is 10.5 Å². The Balaban J connectivity index is 0.00000484. The summed E-state index contributed by atoms with van der Waals surface area (Å²) >= 11 is 0. The molecule has 8 heteroatoms. The molecule has 1 aromatic carbocycles. The molecule has 132 valence electrons. The number of hydrogen-bond donors (Lipinski definition) is 1. The summed E-state index contributed by atoms with van der Waals surface area (Å²) in [6.07, 6.45) is -4.08. The van der Waals surface area contributed by atoms with Crippen LogP contribution in [0, 0.1) is 5.92 Å². The van der Waals surface area contributed by atoms with E-state index in [0.717, 1.165) is 12.1 Å². The number of benzene rings is 1. The molecular formula is C15H22ClF3N2O2. The number of amides is 1. The summed E-state index contributed by atoms with van der Waals surface area (Å²) in [5.41, 5.74) is 6.22. The van der Waals surface area contributed by atoms with Gasteiger partial charge in [-0.2, -0.15) is 0 Å². The Kier molecular flexibility index (Phi) is 8.41. The number of nitrogens with two attached hydrogens (primary N) is 1. The zero-order valence-electron chi connectivity index (χ0n) is 13.3. The molecule has 0 aliphatic heterocycles. The Morgan fingerprint density at radius 1 is 1.26 bits per heavy atom. The second-order valence-electron chi connectivity index (χ2n) is 5.50. The molecule has 2 N–H and O–H groups in total. The van der Waals surface area contributed by atoms with Gasteiger partial charge in [0, 0.05) is 25.2 Å². The fourth-order valence-electron chi connectivity index (χ4n) is 1.80. The van der Waals surface area contributed by atoms with Crippen molar-refractivity contribution in [3.63, 3.8) is 0 Å². The Hall–Kier alpha value is -1.47. The number of ether oxygens (including phenoxy) is 1. The van der Waals surface area contributed by atoms with E-state index in [4.69, 9.17) is 5.73 Å². The van der Waals surface area contributed by atoms with Gasteiger partial charge in [0.25, 0.3) is 5.91 Å². The highest BCUT2D eigenvalue weighted by Crippen LogP contribution is 2.23. The average Bonchev–Trinajstić information content (AvgIpc) is 2.42. The lowest BCUT2D eigenvalue weighted by Gasteiger charge is -2.21. The first-order valence-electron chi connectivity index (χ1n) is 6.97. The van der Waals surface area contributed by atoms with Crippen LogP contribution in [-0.4, -0.2) is 36.8 Å². The van der Waals surface area contributed by atoms with E-state index in [0.29, 0.717) is 24.4 Å². The third-order valence-electron chi connectivity index (χ3n) is 3.34. The van der Waals surface area contributed by atoms with E-state index in [1.54, 1.807) is 7.05 Å². The molecule has 1 aromatic rings. The summed E-state index contributed by atoms with van der Waals surface area (Å²) in [5.74, 6) is -0.301. The van der Waals surface area contributed by atoms with Crippen LogP contribution in [0.2, 0.25) is 0 Å². The monoisotopic (exact) mass is 354 g/mol. The molecule has 0 spiro atoms. The second kappa shape index (κ2) is 8.98. The van der Waals surface area contributed by atoms with Gasteiger partial charge in [0.1, 0.15) is 5.75 Å². The molecule has 1 amide bonds. The minimum Gasteiger partial charge on any atom is -0.406 e. The van der Waals surface area contributed by atoms with Crippen LogP contribution in [0.5, 0.6) is 5.75 Å². The summed E-state index contributed by atoms with van der Waals surface area (Å²) in [6.45, 7) is 4.50. The highest BCUT2D eigenvalue weighted by atomic mass is 35.5. The first kappa shape index (κ1) is 21.5. The first-order valence-corrected chi connectivity index (χ1v) is 6.97. The molecule has 0 aliphatic rings. The molecule has 4 nitrogen and oxygen atoms in total. The Morgan fingerprint density at radius 2 is 1.78 bits per heavy atom. The molecule has 0 saturated carbocycles. The highest BCUT2D eigenvalue weighted by Gasteiger charge is 2.31. The third-order valence-corrected chi connectivity index (χ3v) is 3.34. The smallest absolute Gasteiger partial charge is 0.406 e. The fourth-order valence-corrected chi connectivity index (χ4v) is 1.80. The Morgan fingerprint density at radius 3 is 2.22 bits per heavy atom. The van der Waals surface area contributed by atoms with Crippen molar-refractivity contribution < 1.29 is 22.7 Å². The summed E-state index contributed by atoms with van der Waals surface area (Å²) in [5, 5.41) is 0. The molecule has 0 bridgehead atoms. The molecular weight excluding hydrogens is 333 g/mol. The van der Waals surface area contributed by atoms with Gasteiger partial charge in [-0.15, -0.1) is 25.6 Å². The Bertz CT molecular complexity index is 492. The van der Waals surface area contributed by atoms with Gasteiger partial charge in [-0.3, -0.25) is 4.79 Å². The molecule has 1 atom stereocenters. The molecule has 1 rings (SSSR count). The maximum Gasteiger partial charge on any atom is 0.573 e. The average molecular weight is 355 g/mol. The third kappa shape index (κ3) is 7.56. The van der Waals surface area contributed by atoms with Gasteiger partial charge in [0.15, 0.2) is 0 Å². The molecule has 0 radical (unpaired) electrons. The SMILES string of the molecule is CC(C)C(N)CCN(C)C(=O)c1ccc(OC(F)(F)F)cc1.Cl. The van der Waals surface area contributed by atoms with Crippen molar-refractivity contribution in [2.45, 2.75) is 32.7 Å². The van der Waals surface area contributed by atoms with E-state index in [1.807, 2.05) is 13.8 Å². The highest BCUT2D eigenvalue weighted by molar-refractivity contribution is 5.94. The summed E-state index contributed by atoms with van der Waals surface area (Å²) in [6, 6.07) is 4.85. The maximum atomic E-state index is 12.1. The topological polar surface area (TPSA) is 55.6 Å². The van der Waals surface area contributed by atoms with Gasteiger partial charge in [-0.1, -0.05) is 13.8 Å². The van der Waals surface area contributed by atoms with Crippen LogP contribution in [-0.2, 0) is 0 Å². The lowest BCUT2D eigenvalue weighted by atomic mass is 10.0. The lowest BCUT2D eigenvalue weighted by Crippen LogP contribution is -2.34. The largest absolute Gasteiger partial charge is 0.573 e. The van der Waals surface area contributed by atoms with Crippen molar-refractivity contribution in [3.8, 4) is 5.75 Å². The van der Waals surface area contributed by atoms with Crippen molar-refractivity contribution in [2.24, 2.45) is 11.7 Å². The molecule has 1 unspecified atom stereocenters. The van der Waals surface area contributed by atoms with Gasteiger partial charge in [-0.25, -0.2) is 0 Å². The normalized spacial score (nSPS) is 12.5. The van der Waals surface area contributed by atoms with Gasteiger partial charge in [-0.05, 0) is 36.6 Å². The molecule has 0 fully saturated rings. The van der Waals surface area contributed by atoms with Crippen molar-refractivity contribution in [2.75, 3.05) is 13.6 Å². The fraction of sp³-hybridized carbons (Fsp3) is 0.533. The van der Waals surface area contributed by atoms with Gasteiger partial charge < -0.3 is 15.4 Å². The number of hydrogen-bond acceptors (Lipinski definition) is 3. The minimum atomic E-state index is -4.74. The predicted octanol–water partition coefficient (Wildman–Crippen LogP) is 3.45. The van der Waals surface area contributed by atoms with E-state index in [2.05, 4.69) is 4.74 Å². The first-order chi connectivity index (χ1) is 10.1. The molecule has 0 heterocycles. The number of nitrogens with zero attached hydrogens (tertiary/aromatic N) is 1. The molecule has 0 aromatic heterocycles. The predicted molar refractivity (Wildman–Crippen MR) is 84.8 cm³/mol. The molecule has 23 heavy (non-hydrogen) atoms. The van der Waals surface area contributed by atoms with E-state index in [-0.39, 0.29) is 30.1 Å². The van der Waals surface area contributed by atoms with Crippen LogP contribution in [0.25, 0.3) is 0 Å². The van der Waals surface area contributed by atoms with Crippen LogP contribution in [0.4, 0.5) is 13.2 Å². The number of alkyl halides is 3. The second-order valence-corrected chi connectivity index (χ2v) is 5.50. The summed E-state index contributed by atoms with van der Waals surface area (Å²) in [7, 11) is 1.63. The van der Waals surface area contributed by atoms with Crippen molar-refractivity contribution >= 4 is 18.3 Å². The number of rotatable bonds is 6. The van der Waals surface area contributed by atoms with Crippen molar-refractivity contribution in [3.05, 3.63) is 29.8 Å². The lowest BCUT2D eigenvalue weighted by molar-refractivity contribution is -0.274. The quantitative estimate of drug-likeness (QED) is 0.851. The number of halogens is 4. The van der Waals surface area contributed by atoms with Crippen molar-refractivity contribution in [1.82, 2.24) is 4.90 Å². The molecule has 0 aliphatic carbocycles. The van der Waals surface area contributed by atoms with Crippen LogP contribution in [0.15, 0.2) is 24.3 Å². The zero-order chi connectivity index (χ0) is 16.9. The van der Waals surface area contributed by atoms with E-state index in [9.17, 15) is 18.0 Å². The standard InChI is InChI=1S/C15H21F3N2O2.ClH/c1-10(2)13(19)8-9-20(3)14(21)11-4-6-12(7-5-11)22-15(16,17)18;/h4-7,10,13H,8-9,19H2,1-3H3;1H.